The molecule has 1 aliphatic carbocycles. The van der Waals surface area contributed by atoms with E-state index in [1.54, 1.807) is 0 Å². The van der Waals surface area contributed by atoms with E-state index in [0.29, 0.717) is 25.8 Å². The fourth-order valence-corrected chi connectivity index (χ4v) is 2.94. The minimum atomic E-state index is -0.770. The molecule has 1 heterocycles. The van der Waals surface area contributed by atoms with Crippen molar-refractivity contribution >= 4 is 17.8 Å². The van der Waals surface area contributed by atoms with Gasteiger partial charge in [0.15, 0.2) is 0 Å². The van der Waals surface area contributed by atoms with Gasteiger partial charge in [0.1, 0.15) is 6.04 Å². The van der Waals surface area contributed by atoms with Crippen LogP contribution < -0.4 is 10.6 Å². The Bertz CT molecular complexity index is 383. The van der Waals surface area contributed by atoms with Crippen LogP contribution in [0.1, 0.15) is 38.5 Å². The summed E-state index contributed by atoms with van der Waals surface area (Å²) in [6, 6.07) is -0.445. The summed E-state index contributed by atoms with van der Waals surface area (Å²) in [4.78, 5) is 34.0. The summed E-state index contributed by atoms with van der Waals surface area (Å²) in [6.07, 6.45) is 4.41. The van der Waals surface area contributed by atoms with Crippen molar-refractivity contribution in [2.75, 3.05) is 6.54 Å². The summed E-state index contributed by atoms with van der Waals surface area (Å²) < 4.78 is 0. The fourth-order valence-electron chi connectivity index (χ4n) is 2.94. The van der Waals surface area contributed by atoms with E-state index in [0.717, 1.165) is 19.3 Å². The summed E-state index contributed by atoms with van der Waals surface area (Å²) in [6.45, 7) is 0.391. The number of carbonyl (C=O) groups excluding carboxylic acids is 2. The third kappa shape index (κ3) is 3.45. The molecule has 1 saturated heterocycles. The Kier molecular flexibility index (Phi) is 4.39. The van der Waals surface area contributed by atoms with Gasteiger partial charge in [0.2, 0.25) is 11.8 Å². The molecule has 2 fully saturated rings. The molecule has 0 aromatic heterocycles. The first-order valence-electron chi connectivity index (χ1n) is 6.88. The molecule has 2 aliphatic rings. The highest BCUT2D eigenvalue weighted by molar-refractivity contribution is 5.90. The van der Waals surface area contributed by atoms with Gasteiger partial charge in [0.25, 0.3) is 0 Å². The van der Waals surface area contributed by atoms with E-state index in [9.17, 15) is 14.4 Å². The molecule has 3 atom stereocenters. The number of hydrogen-bond donors (Lipinski definition) is 3. The first-order chi connectivity index (χ1) is 9.08. The zero-order chi connectivity index (χ0) is 13.8. The van der Waals surface area contributed by atoms with Gasteiger partial charge in [-0.2, -0.15) is 0 Å². The molecule has 3 N–H and O–H groups in total. The van der Waals surface area contributed by atoms with Crippen LogP contribution in [0, 0.1) is 11.8 Å². The molecular formula is C13H20N2O4. The van der Waals surface area contributed by atoms with Crippen molar-refractivity contribution < 1.29 is 19.5 Å². The average Bonchev–Trinajstić information content (AvgIpc) is 2.83. The van der Waals surface area contributed by atoms with Gasteiger partial charge >= 0.3 is 5.97 Å². The maximum atomic E-state index is 11.8. The molecule has 2 amide bonds. The van der Waals surface area contributed by atoms with Crippen molar-refractivity contribution in [3.05, 3.63) is 0 Å². The number of amides is 2. The third-order valence-corrected chi connectivity index (χ3v) is 4.08. The molecule has 19 heavy (non-hydrogen) atoms. The largest absolute Gasteiger partial charge is 0.481 e. The molecule has 0 spiro atoms. The van der Waals surface area contributed by atoms with Gasteiger partial charge in [0.05, 0.1) is 5.92 Å². The van der Waals surface area contributed by atoms with Crippen molar-refractivity contribution in [3.8, 4) is 0 Å². The van der Waals surface area contributed by atoms with Crippen molar-refractivity contribution in [3.63, 3.8) is 0 Å². The highest BCUT2D eigenvalue weighted by Crippen LogP contribution is 2.29. The Morgan fingerprint density at radius 3 is 2.63 bits per heavy atom. The summed E-state index contributed by atoms with van der Waals surface area (Å²) in [7, 11) is 0. The topological polar surface area (TPSA) is 95.5 Å². The van der Waals surface area contributed by atoms with Crippen LogP contribution in [0.3, 0.4) is 0 Å². The van der Waals surface area contributed by atoms with E-state index in [1.165, 1.54) is 0 Å². The Hall–Kier alpha value is -1.59. The standard InChI is InChI=1S/C13H20N2O4/c16-11-6-5-10(15-11)12(17)14-7-8-3-1-2-4-9(8)13(18)19/h8-10H,1-7H2,(H,14,17)(H,15,16)(H,18,19)/t8?,9?,10-/m0/s1. The molecule has 1 saturated carbocycles. The average molecular weight is 268 g/mol. The number of hydrogen-bond acceptors (Lipinski definition) is 3. The maximum absolute atomic E-state index is 11.8. The van der Waals surface area contributed by atoms with Crippen molar-refractivity contribution in [1.29, 1.82) is 0 Å². The van der Waals surface area contributed by atoms with Crippen LogP contribution in [0.25, 0.3) is 0 Å². The predicted octanol–water partition coefficient (Wildman–Crippen LogP) is 0.272. The lowest BCUT2D eigenvalue weighted by Crippen LogP contribution is -2.45. The molecule has 0 aromatic carbocycles. The molecule has 6 heteroatoms. The van der Waals surface area contributed by atoms with Crippen molar-refractivity contribution in [2.24, 2.45) is 11.8 Å². The first-order valence-corrected chi connectivity index (χ1v) is 6.88. The predicted molar refractivity (Wildman–Crippen MR) is 67.3 cm³/mol. The van der Waals surface area contributed by atoms with Gasteiger partial charge in [0, 0.05) is 13.0 Å². The number of aliphatic carboxylic acids is 1. The van der Waals surface area contributed by atoms with Gasteiger partial charge in [-0.25, -0.2) is 0 Å². The molecule has 1 aliphatic heterocycles. The number of carboxylic acids is 1. The van der Waals surface area contributed by atoms with Crippen LogP contribution >= 0.6 is 0 Å². The van der Waals surface area contributed by atoms with E-state index in [2.05, 4.69) is 10.6 Å². The van der Waals surface area contributed by atoms with E-state index in [-0.39, 0.29) is 23.7 Å². The summed E-state index contributed by atoms with van der Waals surface area (Å²) in [5.41, 5.74) is 0. The van der Waals surface area contributed by atoms with E-state index in [1.807, 2.05) is 0 Å². The molecule has 2 rings (SSSR count). The normalized spacial score (nSPS) is 30.7. The van der Waals surface area contributed by atoms with Gasteiger partial charge in [-0.3, -0.25) is 14.4 Å². The number of nitrogens with one attached hydrogen (secondary N) is 2. The Balaban J connectivity index is 1.81. The second kappa shape index (κ2) is 6.04. The summed E-state index contributed by atoms with van der Waals surface area (Å²) in [5, 5.41) is 14.5. The minimum Gasteiger partial charge on any atom is -0.481 e. The minimum absolute atomic E-state index is 0.00676. The number of carboxylic acid groups (broad SMARTS) is 1. The zero-order valence-corrected chi connectivity index (χ0v) is 10.9. The molecule has 0 bridgehead atoms. The lowest BCUT2D eigenvalue weighted by atomic mass is 9.79. The summed E-state index contributed by atoms with van der Waals surface area (Å²) >= 11 is 0. The van der Waals surface area contributed by atoms with Gasteiger partial charge in [-0.05, 0) is 25.2 Å². The molecular weight excluding hydrogens is 248 g/mol. The van der Waals surface area contributed by atoms with Crippen LogP contribution in [0.15, 0.2) is 0 Å². The van der Waals surface area contributed by atoms with Crippen LogP contribution in [-0.2, 0) is 14.4 Å². The second-order valence-electron chi connectivity index (χ2n) is 5.39. The molecule has 6 nitrogen and oxygen atoms in total. The van der Waals surface area contributed by atoms with E-state index < -0.39 is 12.0 Å². The molecule has 106 valence electrons. The monoisotopic (exact) mass is 268 g/mol. The van der Waals surface area contributed by atoms with Gasteiger partial charge in [-0.1, -0.05) is 12.8 Å². The zero-order valence-electron chi connectivity index (χ0n) is 10.9. The Morgan fingerprint density at radius 2 is 2.00 bits per heavy atom. The lowest BCUT2D eigenvalue weighted by Gasteiger charge is -2.28. The Morgan fingerprint density at radius 1 is 1.26 bits per heavy atom. The second-order valence-corrected chi connectivity index (χ2v) is 5.39. The van der Waals surface area contributed by atoms with Gasteiger partial charge in [-0.15, -0.1) is 0 Å². The quantitative estimate of drug-likeness (QED) is 0.682. The smallest absolute Gasteiger partial charge is 0.306 e. The van der Waals surface area contributed by atoms with E-state index >= 15 is 0 Å². The van der Waals surface area contributed by atoms with Crippen molar-refractivity contribution in [1.82, 2.24) is 10.6 Å². The first kappa shape index (κ1) is 13.8. The summed E-state index contributed by atoms with van der Waals surface area (Å²) in [5.74, 6) is -1.41. The van der Waals surface area contributed by atoms with Crippen LogP contribution in [0.2, 0.25) is 0 Å². The SMILES string of the molecule is O=C1CC[C@@H](C(=O)NCC2CCCCC2C(=O)O)N1. The number of rotatable bonds is 4. The van der Waals surface area contributed by atoms with Crippen molar-refractivity contribution in [2.45, 2.75) is 44.6 Å². The Labute approximate surface area is 111 Å². The van der Waals surface area contributed by atoms with Crippen LogP contribution in [-0.4, -0.2) is 35.5 Å². The fraction of sp³-hybridized carbons (Fsp3) is 0.769. The van der Waals surface area contributed by atoms with E-state index in [4.69, 9.17) is 5.11 Å². The molecule has 2 unspecified atom stereocenters. The highest BCUT2D eigenvalue weighted by Gasteiger charge is 2.32. The van der Waals surface area contributed by atoms with Crippen LogP contribution in [0.4, 0.5) is 0 Å². The van der Waals surface area contributed by atoms with Crippen LogP contribution in [0.5, 0.6) is 0 Å². The lowest BCUT2D eigenvalue weighted by molar-refractivity contribution is -0.145. The molecule has 0 radical (unpaired) electrons. The molecule has 0 aromatic rings. The maximum Gasteiger partial charge on any atom is 0.306 e. The number of carbonyl (C=O) groups is 3. The van der Waals surface area contributed by atoms with Gasteiger partial charge < -0.3 is 15.7 Å². The highest BCUT2D eigenvalue weighted by atomic mass is 16.4. The third-order valence-electron chi connectivity index (χ3n) is 4.08.